The van der Waals surface area contributed by atoms with Crippen molar-refractivity contribution in [3.63, 3.8) is 0 Å². The molecule has 0 radical (unpaired) electrons. The Morgan fingerprint density at radius 1 is 1.13 bits per heavy atom. The molecule has 0 saturated heterocycles. The fraction of sp³-hybridized carbons (Fsp3) is 0.455. The second-order valence-corrected chi connectivity index (χ2v) is 4.24. The van der Waals surface area contributed by atoms with Crippen LogP contribution in [0.25, 0.3) is 0 Å². The van der Waals surface area contributed by atoms with Crippen LogP contribution in [0.5, 0.6) is 0 Å². The molecule has 0 fully saturated rings. The van der Waals surface area contributed by atoms with Crippen LogP contribution in [-0.2, 0) is 6.18 Å². The minimum atomic E-state index is -4.31. The number of benzene rings is 1. The van der Waals surface area contributed by atoms with Crippen LogP contribution in [0.4, 0.5) is 13.2 Å². The molecule has 0 spiro atoms. The predicted molar refractivity (Wildman–Crippen MR) is 55.2 cm³/mol. The van der Waals surface area contributed by atoms with E-state index in [0.717, 1.165) is 6.07 Å². The molecule has 4 heteroatoms. The monoisotopic (exact) mass is 236 g/mol. The van der Waals surface area contributed by atoms with Crippen molar-refractivity contribution < 1.29 is 13.2 Å². The SMILES string of the molecule is CC(Cl)C(C)c1ccccc1C(F)(F)F. The summed E-state index contributed by atoms with van der Waals surface area (Å²) in [7, 11) is 0. The molecule has 0 saturated carbocycles. The fourth-order valence-corrected chi connectivity index (χ4v) is 1.54. The van der Waals surface area contributed by atoms with Gasteiger partial charge in [0.1, 0.15) is 0 Å². The molecule has 1 rings (SSSR count). The van der Waals surface area contributed by atoms with Crippen molar-refractivity contribution in [1.82, 2.24) is 0 Å². The third kappa shape index (κ3) is 2.88. The molecule has 0 aliphatic heterocycles. The quantitative estimate of drug-likeness (QED) is 0.666. The average molecular weight is 237 g/mol. The molecule has 2 unspecified atom stereocenters. The van der Waals surface area contributed by atoms with E-state index in [1.54, 1.807) is 19.9 Å². The number of hydrogen-bond acceptors (Lipinski definition) is 0. The largest absolute Gasteiger partial charge is 0.416 e. The van der Waals surface area contributed by atoms with Gasteiger partial charge in [-0.05, 0) is 24.5 Å². The summed E-state index contributed by atoms with van der Waals surface area (Å²) in [5.41, 5.74) is -0.336. The summed E-state index contributed by atoms with van der Waals surface area (Å²) < 4.78 is 37.9. The maximum absolute atomic E-state index is 12.6. The van der Waals surface area contributed by atoms with E-state index < -0.39 is 11.7 Å². The van der Waals surface area contributed by atoms with Crippen LogP contribution >= 0.6 is 11.6 Å². The molecule has 84 valence electrons. The molecule has 1 aromatic carbocycles. The van der Waals surface area contributed by atoms with Gasteiger partial charge >= 0.3 is 6.18 Å². The Labute approximate surface area is 92.1 Å². The van der Waals surface area contributed by atoms with Crippen molar-refractivity contribution >= 4 is 11.6 Å². The van der Waals surface area contributed by atoms with Gasteiger partial charge in [0.2, 0.25) is 0 Å². The van der Waals surface area contributed by atoms with Crippen molar-refractivity contribution in [1.29, 1.82) is 0 Å². The van der Waals surface area contributed by atoms with Crippen LogP contribution in [0.3, 0.4) is 0 Å². The first kappa shape index (κ1) is 12.4. The Bertz CT molecular complexity index is 331. The Hall–Kier alpha value is -0.700. The molecule has 0 aromatic heterocycles. The second-order valence-electron chi connectivity index (χ2n) is 3.55. The zero-order chi connectivity index (χ0) is 11.6. The smallest absolute Gasteiger partial charge is 0.166 e. The first-order valence-corrected chi connectivity index (χ1v) is 5.08. The fourth-order valence-electron chi connectivity index (χ4n) is 1.40. The van der Waals surface area contributed by atoms with E-state index in [1.165, 1.54) is 12.1 Å². The summed E-state index contributed by atoms with van der Waals surface area (Å²) in [6.07, 6.45) is -4.31. The highest BCUT2D eigenvalue weighted by Crippen LogP contribution is 2.36. The second kappa shape index (κ2) is 4.44. The lowest BCUT2D eigenvalue weighted by Crippen LogP contribution is -2.14. The van der Waals surface area contributed by atoms with Crippen LogP contribution in [0, 0.1) is 0 Å². The third-order valence-corrected chi connectivity index (χ3v) is 2.82. The summed E-state index contributed by atoms with van der Waals surface area (Å²) >= 11 is 5.82. The predicted octanol–water partition coefficient (Wildman–Crippen LogP) is 4.44. The highest BCUT2D eigenvalue weighted by atomic mass is 35.5. The van der Waals surface area contributed by atoms with Gasteiger partial charge in [0.25, 0.3) is 0 Å². The lowest BCUT2D eigenvalue weighted by molar-refractivity contribution is -0.138. The van der Waals surface area contributed by atoms with Gasteiger partial charge in [0, 0.05) is 5.38 Å². The van der Waals surface area contributed by atoms with Crippen LogP contribution in [0.15, 0.2) is 24.3 Å². The Balaban J connectivity index is 3.18. The standard InChI is InChI=1S/C11H12ClF3/c1-7(8(2)12)9-5-3-4-6-10(9)11(13,14)15/h3-8H,1-2H3. The highest BCUT2D eigenvalue weighted by molar-refractivity contribution is 6.20. The van der Waals surface area contributed by atoms with E-state index >= 15 is 0 Å². The third-order valence-electron chi connectivity index (χ3n) is 2.45. The number of hydrogen-bond donors (Lipinski definition) is 0. The first-order chi connectivity index (χ1) is 6.84. The molecular weight excluding hydrogens is 225 g/mol. The van der Waals surface area contributed by atoms with Crippen molar-refractivity contribution in [3.8, 4) is 0 Å². The maximum atomic E-state index is 12.6. The van der Waals surface area contributed by atoms with E-state index in [9.17, 15) is 13.2 Å². The van der Waals surface area contributed by atoms with Crippen molar-refractivity contribution in [2.24, 2.45) is 0 Å². The summed E-state index contributed by atoms with van der Waals surface area (Å²) in [4.78, 5) is 0. The van der Waals surface area contributed by atoms with E-state index in [4.69, 9.17) is 11.6 Å². The van der Waals surface area contributed by atoms with Crippen molar-refractivity contribution in [3.05, 3.63) is 35.4 Å². The molecule has 0 bridgehead atoms. The van der Waals surface area contributed by atoms with Gasteiger partial charge in [-0.15, -0.1) is 11.6 Å². The molecule has 0 N–H and O–H groups in total. The average Bonchev–Trinajstić information content (AvgIpc) is 2.15. The molecule has 15 heavy (non-hydrogen) atoms. The van der Waals surface area contributed by atoms with Gasteiger partial charge in [0.05, 0.1) is 5.56 Å². The van der Waals surface area contributed by atoms with Gasteiger partial charge in [-0.2, -0.15) is 13.2 Å². The molecular formula is C11H12ClF3. The van der Waals surface area contributed by atoms with Gasteiger partial charge in [-0.25, -0.2) is 0 Å². The van der Waals surface area contributed by atoms with Gasteiger partial charge in [-0.3, -0.25) is 0 Å². The zero-order valence-corrected chi connectivity index (χ0v) is 9.23. The number of rotatable bonds is 2. The summed E-state index contributed by atoms with van der Waals surface area (Å²) in [5, 5.41) is -0.325. The molecule has 0 nitrogen and oxygen atoms in total. The Morgan fingerprint density at radius 2 is 1.67 bits per heavy atom. The van der Waals surface area contributed by atoms with Crippen LogP contribution in [0.1, 0.15) is 30.9 Å². The Morgan fingerprint density at radius 3 is 2.13 bits per heavy atom. The molecule has 0 aliphatic rings. The molecule has 0 aliphatic carbocycles. The van der Waals surface area contributed by atoms with E-state index in [2.05, 4.69) is 0 Å². The molecule has 0 heterocycles. The highest BCUT2D eigenvalue weighted by Gasteiger charge is 2.34. The van der Waals surface area contributed by atoms with Gasteiger partial charge in [-0.1, -0.05) is 25.1 Å². The van der Waals surface area contributed by atoms with E-state index in [0.29, 0.717) is 0 Å². The number of alkyl halides is 4. The summed E-state index contributed by atoms with van der Waals surface area (Å²) in [6.45, 7) is 3.39. The van der Waals surface area contributed by atoms with Crippen molar-refractivity contribution in [2.75, 3.05) is 0 Å². The lowest BCUT2D eigenvalue weighted by Gasteiger charge is -2.19. The first-order valence-electron chi connectivity index (χ1n) is 4.64. The summed E-state index contributed by atoms with van der Waals surface area (Å²) in [5.74, 6) is -0.315. The van der Waals surface area contributed by atoms with E-state index in [-0.39, 0.29) is 16.9 Å². The zero-order valence-electron chi connectivity index (χ0n) is 8.48. The molecule has 1 aromatic rings. The maximum Gasteiger partial charge on any atom is 0.416 e. The van der Waals surface area contributed by atoms with Crippen LogP contribution in [-0.4, -0.2) is 5.38 Å². The Kier molecular flexibility index (Phi) is 3.66. The van der Waals surface area contributed by atoms with Crippen LogP contribution < -0.4 is 0 Å². The molecule has 0 amide bonds. The molecule has 2 atom stereocenters. The van der Waals surface area contributed by atoms with Crippen LogP contribution in [0.2, 0.25) is 0 Å². The van der Waals surface area contributed by atoms with Gasteiger partial charge in [0.15, 0.2) is 0 Å². The number of halogens is 4. The normalized spacial score (nSPS) is 16.1. The topological polar surface area (TPSA) is 0 Å². The van der Waals surface area contributed by atoms with Gasteiger partial charge < -0.3 is 0 Å². The van der Waals surface area contributed by atoms with Crippen molar-refractivity contribution in [2.45, 2.75) is 31.3 Å². The van der Waals surface area contributed by atoms with E-state index in [1.807, 2.05) is 0 Å². The minimum Gasteiger partial charge on any atom is -0.166 e. The summed E-state index contributed by atoms with van der Waals surface area (Å²) in [6, 6.07) is 5.55. The minimum absolute atomic E-state index is 0.257. The lowest BCUT2D eigenvalue weighted by atomic mass is 9.93.